The fraction of sp³-hybridized carbons (Fsp3) is 0.462. The van der Waals surface area contributed by atoms with Gasteiger partial charge in [0.05, 0.1) is 5.56 Å². The van der Waals surface area contributed by atoms with Gasteiger partial charge in [-0.2, -0.15) is 0 Å². The van der Waals surface area contributed by atoms with Crippen LogP contribution in [0.4, 0.5) is 8.78 Å². The summed E-state index contributed by atoms with van der Waals surface area (Å²) >= 11 is 0. The van der Waals surface area contributed by atoms with E-state index in [0.717, 1.165) is 12.1 Å². The van der Waals surface area contributed by atoms with E-state index < -0.39 is 23.1 Å². The monoisotopic (exact) mass is 292 g/mol. The molecule has 0 fully saturated rings. The van der Waals surface area contributed by atoms with Gasteiger partial charge in [0.25, 0.3) is 5.91 Å². The second-order valence-corrected chi connectivity index (χ2v) is 4.38. The lowest BCUT2D eigenvalue weighted by Gasteiger charge is -2.26. The van der Waals surface area contributed by atoms with E-state index in [1.165, 1.54) is 0 Å². The van der Waals surface area contributed by atoms with Crippen molar-refractivity contribution in [3.8, 4) is 0 Å². The first-order chi connectivity index (χ1) is 8.41. The first kappa shape index (κ1) is 17.8. The normalized spacial score (nSPS) is 10.8. The summed E-state index contributed by atoms with van der Waals surface area (Å²) in [5.74, 6) is -2.16. The molecule has 0 spiro atoms. The Kier molecular flexibility index (Phi) is 6.94. The van der Waals surface area contributed by atoms with Crippen molar-refractivity contribution in [2.45, 2.75) is 32.2 Å². The summed E-state index contributed by atoms with van der Waals surface area (Å²) in [5, 5.41) is 2.58. The highest BCUT2D eigenvalue weighted by molar-refractivity contribution is 5.94. The Balaban J connectivity index is 0.00000324. The zero-order chi connectivity index (χ0) is 13.8. The smallest absolute Gasteiger partial charge is 0.254 e. The summed E-state index contributed by atoms with van der Waals surface area (Å²) in [4.78, 5) is 11.7. The zero-order valence-corrected chi connectivity index (χ0v) is 11.8. The number of benzene rings is 1. The molecule has 0 bridgehead atoms. The molecule has 0 radical (unpaired) electrons. The first-order valence-corrected chi connectivity index (χ1v) is 5.94. The van der Waals surface area contributed by atoms with E-state index >= 15 is 0 Å². The predicted molar refractivity (Wildman–Crippen MR) is 73.4 cm³/mol. The molecular formula is C13H19ClF2N2O. The minimum atomic E-state index is -0.872. The van der Waals surface area contributed by atoms with Gasteiger partial charge in [-0.05, 0) is 25.0 Å². The topological polar surface area (TPSA) is 55.1 Å². The van der Waals surface area contributed by atoms with Crippen LogP contribution in [0.15, 0.2) is 18.2 Å². The highest BCUT2D eigenvalue weighted by Gasteiger charge is 2.22. The lowest BCUT2D eigenvalue weighted by molar-refractivity contribution is 0.0938. The largest absolute Gasteiger partial charge is 0.350 e. The van der Waals surface area contributed by atoms with Crippen LogP contribution in [-0.2, 0) is 0 Å². The molecule has 0 saturated carbocycles. The van der Waals surface area contributed by atoms with Gasteiger partial charge in [0.1, 0.15) is 11.6 Å². The molecule has 19 heavy (non-hydrogen) atoms. The van der Waals surface area contributed by atoms with E-state index in [9.17, 15) is 13.6 Å². The summed E-state index contributed by atoms with van der Waals surface area (Å²) in [5.41, 5.74) is 5.35. The Morgan fingerprint density at radius 3 is 2.37 bits per heavy atom. The average Bonchev–Trinajstić information content (AvgIpc) is 2.35. The van der Waals surface area contributed by atoms with Gasteiger partial charge in [-0.15, -0.1) is 12.4 Å². The number of carbonyl (C=O) groups is 1. The summed E-state index contributed by atoms with van der Waals surface area (Å²) in [6.45, 7) is 4.11. The van der Waals surface area contributed by atoms with Crippen LogP contribution in [0.25, 0.3) is 0 Å². The third-order valence-electron chi connectivity index (χ3n) is 3.19. The summed E-state index contributed by atoms with van der Waals surface area (Å²) < 4.78 is 26.1. The molecule has 0 aromatic heterocycles. The Bertz CT molecular complexity index is 437. The van der Waals surface area contributed by atoms with Crippen molar-refractivity contribution >= 4 is 18.3 Å². The van der Waals surface area contributed by atoms with E-state index in [4.69, 9.17) is 5.73 Å². The van der Waals surface area contributed by atoms with Crippen molar-refractivity contribution in [1.82, 2.24) is 5.32 Å². The minimum absolute atomic E-state index is 0. The molecule has 0 atom stereocenters. The number of rotatable bonds is 5. The molecule has 108 valence electrons. The molecule has 0 aliphatic heterocycles. The molecule has 1 rings (SSSR count). The Morgan fingerprint density at radius 2 is 1.89 bits per heavy atom. The maximum atomic E-state index is 13.4. The summed E-state index contributed by atoms with van der Waals surface area (Å²) in [6, 6.07) is 2.85. The SMILES string of the molecule is CCC(N)(CC)CNC(=O)c1ccc(F)cc1F.Cl. The van der Waals surface area contributed by atoms with Crippen molar-refractivity contribution in [1.29, 1.82) is 0 Å². The minimum Gasteiger partial charge on any atom is -0.350 e. The van der Waals surface area contributed by atoms with Gasteiger partial charge in [-0.1, -0.05) is 13.8 Å². The van der Waals surface area contributed by atoms with Gasteiger partial charge >= 0.3 is 0 Å². The molecule has 1 aromatic rings. The fourth-order valence-corrected chi connectivity index (χ4v) is 1.53. The lowest BCUT2D eigenvalue weighted by atomic mass is 9.94. The van der Waals surface area contributed by atoms with E-state index in [0.29, 0.717) is 18.9 Å². The molecule has 0 unspecified atom stereocenters. The van der Waals surface area contributed by atoms with Crippen molar-refractivity contribution < 1.29 is 13.6 Å². The molecule has 1 amide bonds. The number of hydrogen-bond donors (Lipinski definition) is 2. The standard InChI is InChI=1S/C13H18F2N2O.ClH/c1-3-13(16,4-2)8-17-12(18)10-6-5-9(14)7-11(10)15;/h5-7H,3-4,8,16H2,1-2H3,(H,17,18);1H. The van der Waals surface area contributed by atoms with Crippen LogP contribution in [-0.4, -0.2) is 18.0 Å². The number of hydrogen-bond acceptors (Lipinski definition) is 2. The van der Waals surface area contributed by atoms with Crippen LogP contribution in [0.2, 0.25) is 0 Å². The molecule has 1 aromatic carbocycles. The van der Waals surface area contributed by atoms with Gasteiger partial charge in [-0.3, -0.25) is 4.79 Å². The molecule has 0 aliphatic carbocycles. The third kappa shape index (κ3) is 4.76. The molecule has 0 saturated heterocycles. The highest BCUT2D eigenvalue weighted by Crippen LogP contribution is 2.12. The number of amides is 1. The van der Waals surface area contributed by atoms with Gasteiger partial charge in [0, 0.05) is 18.2 Å². The van der Waals surface area contributed by atoms with Crippen LogP contribution >= 0.6 is 12.4 Å². The van der Waals surface area contributed by atoms with E-state index in [1.54, 1.807) is 0 Å². The van der Waals surface area contributed by atoms with Crippen LogP contribution in [0.3, 0.4) is 0 Å². The van der Waals surface area contributed by atoms with Crippen molar-refractivity contribution in [2.24, 2.45) is 5.73 Å². The quantitative estimate of drug-likeness (QED) is 0.876. The second kappa shape index (κ2) is 7.40. The molecule has 6 heteroatoms. The predicted octanol–water partition coefficient (Wildman–Crippen LogP) is 2.63. The molecule has 0 aliphatic rings. The van der Waals surface area contributed by atoms with Crippen LogP contribution in [0, 0.1) is 11.6 Å². The third-order valence-corrected chi connectivity index (χ3v) is 3.19. The van der Waals surface area contributed by atoms with Gasteiger partial charge in [0.2, 0.25) is 0 Å². The lowest BCUT2D eigenvalue weighted by Crippen LogP contribution is -2.49. The molecule has 3 N–H and O–H groups in total. The first-order valence-electron chi connectivity index (χ1n) is 5.94. The average molecular weight is 293 g/mol. The van der Waals surface area contributed by atoms with Gasteiger partial charge < -0.3 is 11.1 Å². The summed E-state index contributed by atoms with van der Waals surface area (Å²) in [6.07, 6.45) is 1.41. The molecular weight excluding hydrogens is 274 g/mol. The van der Waals surface area contributed by atoms with Crippen LogP contribution < -0.4 is 11.1 Å². The Labute approximate surface area is 118 Å². The van der Waals surface area contributed by atoms with Crippen LogP contribution in [0.5, 0.6) is 0 Å². The summed E-state index contributed by atoms with van der Waals surface area (Å²) in [7, 11) is 0. The fourth-order valence-electron chi connectivity index (χ4n) is 1.53. The number of nitrogens with two attached hydrogens (primary N) is 1. The van der Waals surface area contributed by atoms with E-state index in [1.807, 2.05) is 13.8 Å². The molecule has 0 heterocycles. The molecule has 3 nitrogen and oxygen atoms in total. The number of carbonyl (C=O) groups excluding carboxylic acids is 1. The van der Waals surface area contributed by atoms with Gasteiger partial charge in [0.15, 0.2) is 0 Å². The highest BCUT2D eigenvalue weighted by atomic mass is 35.5. The maximum absolute atomic E-state index is 13.4. The van der Waals surface area contributed by atoms with Crippen molar-refractivity contribution in [3.05, 3.63) is 35.4 Å². The van der Waals surface area contributed by atoms with Crippen molar-refractivity contribution in [2.75, 3.05) is 6.54 Å². The van der Waals surface area contributed by atoms with Crippen LogP contribution in [0.1, 0.15) is 37.0 Å². The van der Waals surface area contributed by atoms with Gasteiger partial charge in [-0.25, -0.2) is 8.78 Å². The van der Waals surface area contributed by atoms with E-state index in [-0.39, 0.29) is 24.5 Å². The van der Waals surface area contributed by atoms with Crippen molar-refractivity contribution in [3.63, 3.8) is 0 Å². The second-order valence-electron chi connectivity index (χ2n) is 4.38. The Morgan fingerprint density at radius 1 is 1.32 bits per heavy atom. The number of halogens is 3. The Hall–Kier alpha value is -1.20. The maximum Gasteiger partial charge on any atom is 0.254 e. The zero-order valence-electron chi connectivity index (χ0n) is 11.0. The number of nitrogens with one attached hydrogen (secondary N) is 1. The van der Waals surface area contributed by atoms with E-state index in [2.05, 4.69) is 5.32 Å².